The second-order valence-electron chi connectivity index (χ2n) is 3.73. The van der Waals surface area contributed by atoms with Gasteiger partial charge in [-0.1, -0.05) is 22.9 Å². The lowest BCUT2D eigenvalue weighted by atomic mass is 10.2. The standard InChI is InChI=1S/C11H11ClN6O/c1-15-11(19)16-8-4-6-2-3-7(12)5-9(6)18(17-14)10(8)13/h2-5,13-14H,1H3,(H2,15,16,19). The fourth-order valence-electron chi connectivity index (χ4n) is 1.66. The Kier molecular flexibility index (Phi) is 3.48. The first kappa shape index (κ1) is 13.0. The van der Waals surface area contributed by atoms with Gasteiger partial charge < -0.3 is 10.6 Å². The Morgan fingerprint density at radius 2 is 2.16 bits per heavy atom. The highest BCUT2D eigenvalue weighted by atomic mass is 35.5. The summed E-state index contributed by atoms with van der Waals surface area (Å²) in [6.07, 6.45) is 0. The largest absolute Gasteiger partial charge is 0.341 e. The van der Waals surface area contributed by atoms with Crippen molar-refractivity contribution in [3.05, 3.63) is 34.8 Å². The molecule has 1 aromatic carbocycles. The number of hydrogen-bond donors (Lipinski definition) is 4. The van der Waals surface area contributed by atoms with Crippen LogP contribution in [0.2, 0.25) is 5.02 Å². The molecule has 2 aromatic rings. The molecule has 2 rings (SSSR count). The van der Waals surface area contributed by atoms with Gasteiger partial charge in [0.25, 0.3) is 0 Å². The SMILES string of the molecule is CNC(=O)Nc1cc2ccc(Cl)cc2n(N=N)c1=N. The number of anilines is 1. The summed E-state index contributed by atoms with van der Waals surface area (Å²) in [5.41, 5.74) is 7.83. The summed E-state index contributed by atoms with van der Waals surface area (Å²) < 4.78 is 1.09. The number of carbonyl (C=O) groups excluding carboxylic acids is 1. The predicted octanol–water partition coefficient (Wildman–Crippen LogP) is 2.32. The number of nitrogens with zero attached hydrogens (tertiary/aromatic N) is 2. The number of urea groups is 1. The molecule has 0 unspecified atom stereocenters. The zero-order chi connectivity index (χ0) is 14.0. The summed E-state index contributed by atoms with van der Waals surface area (Å²) in [6, 6.07) is 6.21. The molecular formula is C11H11ClN6O. The van der Waals surface area contributed by atoms with Gasteiger partial charge in [-0.2, -0.15) is 10.2 Å². The van der Waals surface area contributed by atoms with E-state index < -0.39 is 6.03 Å². The molecule has 0 aliphatic rings. The monoisotopic (exact) mass is 278 g/mol. The Hall–Kier alpha value is -2.41. The van der Waals surface area contributed by atoms with Crippen LogP contribution >= 0.6 is 11.6 Å². The Labute approximate surface area is 113 Å². The Bertz CT molecular complexity index is 723. The number of rotatable bonds is 2. The second kappa shape index (κ2) is 5.07. The predicted molar refractivity (Wildman–Crippen MR) is 71.4 cm³/mol. The summed E-state index contributed by atoms with van der Waals surface area (Å²) in [4.78, 5) is 11.3. The molecule has 0 bridgehead atoms. The van der Waals surface area contributed by atoms with Crippen molar-refractivity contribution in [3.63, 3.8) is 0 Å². The van der Waals surface area contributed by atoms with Crippen LogP contribution in [0.15, 0.2) is 29.5 Å². The summed E-state index contributed by atoms with van der Waals surface area (Å²) >= 11 is 5.89. The number of fused-ring (bicyclic) bond motifs is 1. The molecule has 19 heavy (non-hydrogen) atoms. The van der Waals surface area contributed by atoms with Gasteiger partial charge in [0.2, 0.25) is 0 Å². The molecule has 2 amide bonds. The number of hydrogen-bond acceptors (Lipinski definition) is 4. The van der Waals surface area contributed by atoms with E-state index in [0.717, 1.165) is 4.68 Å². The van der Waals surface area contributed by atoms with E-state index >= 15 is 0 Å². The van der Waals surface area contributed by atoms with Gasteiger partial charge in [0.05, 0.1) is 11.2 Å². The smallest absolute Gasteiger partial charge is 0.319 e. The third-order valence-electron chi connectivity index (χ3n) is 2.56. The molecule has 0 atom stereocenters. The zero-order valence-electron chi connectivity index (χ0n) is 9.99. The van der Waals surface area contributed by atoms with E-state index in [2.05, 4.69) is 15.9 Å². The minimum Gasteiger partial charge on any atom is -0.341 e. The lowest BCUT2D eigenvalue weighted by molar-refractivity contribution is 0.254. The van der Waals surface area contributed by atoms with Gasteiger partial charge in [-0.25, -0.2) is 4.79 Å². The summed E-state index contributed by atoms with van der Waals surface area (Å²) in [5, 5.41) is 17.3. The number of nitrogens with one attached hydrogen (secondary N) is 4. The van der Waals surface area contributed by atoms with Gasteiger partial charge in [0, 0.05) is 17.5 Å². The average molecular weight is 279 g/mol. The summed E-state index contributed by atoms with van der Waals surface area (Å²) in [7, 11) is 1.47. The van der Waals surface area contributed by atoms with Crippen molar-refractivity contribution in [1.29, 1.82) is 10.9 Å². The minimum absolute atomic E-state index is 0.103. The van der Waals surface area contributed by atoms with Crippen LogP contribution < -0.4 is 16.1 Å². The van der Waals surface area contributed by atoms with Crippen LogP contribution in [0.4, 0.5) is 10.5 Å². The molecule has 4 N–H and O–H groups in total. The van der Waals surface area contributed by atoms with Crippen LogP contribution in [0.1, 0.15) is 0 Å². The average Bonchev–Trinajstić information content (AvgIpc) is 2.40. The molecule has 98 valence electrons. The Morgan fingerprint density at radius 3 is 2.79 bits per heavy atom. The van der Waals surface area contributed by atoms with Crippen LogP contribution in [0.3, 0.4) is 0 Å². The number of aromatic nitrogens is 1. The minimum atomic E-state index is -0.446. The first-order valence-corrected chi connectivity index (χ1v) is 5.71. The van der Waals surface area contributed by atoms with E-state index in [1.54, 1.807) is 24.3 Å². The Balaban J connectivity index is 2.72. The highest BCUT2D eigenvalue weighted by Crippen LogP contribution is 2.20. The van der Waals surface area contributed by atoms with E-state index in [4.69, 9.17) is 22.5 Å². The van der Waals surface area contributed by atoms with Crippen LogP contribution in [0.5, 0.6) is 0 Å². The first-order valence-electron chi connectivity index (χ1n) is 5.33. The van der Waals surface area contributed by atoms with Gasteiger partial charge in [-0.3, -0.25) is 5.41 Å². The molecule has 0 spiro atoms. The number of amides is 2. The van der Waals surface area contributed by atoms with Crippen molar-refractivity contribution in [2.45, 2.75) is 0 Å². The highest BCUT2D eigenvalue weighted by Gasteiger charge is 2.09. The molecule has 0 fully saturated rings. The molecule has 1 heterocycles. The van der Waals surface area contributed by atoms with Crippen LogP contribution in [0, 0.1) is 10.9 Å². The fourth-order valence-corrected chi connectivity index (χ4v) is 1.83. The van der Waals surface area contributed by atoms with Crippen LogP contribution in [0.25, 0.3) is 10.9 Å². The maximum Gasteiger partial charge on any atom is 0.319 e. The molecule has 0 radical (unpaired) electrons. The summed E-state index contributed by atoms with van der Waals surface area (Å²) in [5.74, 6) is 0. The van der Waals surface area contributed by atoms with Gasteiger partial charge in [0.15, 0.2) is 5.49 Å². The first-order chi connectivity index (χ1) is 9.06. The second-order valence-corrected chi connectivity index (χ2v) is 4.16. The van der Waals surface area contributed by atoms with Crippen molar-refractivity contribution >= 4 is 34.2 Å². The topological polar surface area (TPSA) is 106 Å². The fraction of sp³-hybridized carbons (Fsp3) is 0.0909. The van der Waals surface area contributed by atoms with Gasteiger partial charge >= 0.3 is 6.03 Å². The normalized spacial score (nSPS) is 10.2. The highest BCUT2D eigenvalue weighted by molar-refractivity contribution is 6.31. The molecule has 0 aliphatic heterocycles. The van der Waals surface area contributed by atoms with Crippen molar-refractivity contribution in [2.24, 2.45) is 5.22 Å². The van der Waals surface area contributed by atoms with Gasteiger partial charge in [0.1, 0.15) is 0 Å². The summed E-state index contributed by atoms with van der Waals surface area (Å²) in [6.45, 7) is 0. The third kappa shape index (κ3) is 2.41. The van der Waals surface area contributed by atoms with Gasteiger partial charge in [-0.05, 0) is 18.2 Å². The van der Waals surface area contributed by atoms with E-state index in [1.807, 2.05) is 0 Å². The molecule has 7 nitrogen and oxygen atoms in total. The number of halogens is 1. The Morgan fingerprint density at radius 1 is 1.42 bits per heavy atom. The third-order valence-corrected chi connectivity index (χ3v) is 2.80. The molecule has 8 heteroatoms. The molecule has 0 saturated heterocycles. The van der Waals surface area contributed by atoms with E-state index in [9.17, 15) is 4.79 Å². The maximum atomic E-state index is 11.3. The lowest BCUT2D eigenvalue weighted by Gasteiger charge is -2.10. The van der Waals surface area contributed by atoms with E-state index in [-0.39, 0.29) is 11.2 Å². The van der Waals surface area contributed by atoms with E-state index in [1.165, 1.54) is 7.05 Å². The number of benzene rings is 1. The quantitative estimate of drug-likeness (QED) is 0.622. The maximum absolute atomic E-state index is 11.3. The van der Waals surface area contributed by atoms with E-state index in [0.29, 0.717) is 15.9 Å². The van der Waals surface area contributed by atoms with Crippen LogP contribution in [-0.4, -0.2) is 17.8 Å². The van der Waals surface area contributed by atoms with Crippen molar-refractivity contribution < 1.29 is 4.79 Å². The molecule has 0 aliphatic carbocycles. The molecular weight excluding hydrogens is 268 g/mol. The molecule has 1 aromatic heterocycles. The van der Waals surface area contributed by atoms with Crippen molar-refractivity contribution in [3.8, 4) is 0 Å². The van der Waals surface area contributed by atoms with Crippen LogP contribution in [-0.2, 0) is 0 Å². The zero-order valence-corrected chi connectivity index (χ0v) is 10.7. The number of pyridine rings is 1. The number of carbonyl (C=O) groups is 1. The van der Waals surface area contributed by atoms with Crippen molar-refractivity contribution in [1.82, 2.24) is 9.99 Å². The molecule has 0 saturated carbocycles. The lowest BCUT2D eigenvalue weighted by Crippen LogP contribution is -2.29. The van der Waals surface area contributed by atoms with Gasteiger partial charge in [-0.15, -0.1) is 0 Å². The van der Waals surface area contributed by atoms with Crippen molar-refractivity contribution in [2.75, 3.05) is 12.4 Å².